The molecule has 2 aromatic rings. The van der Waals surface area contributed by atoms with Crippen molar-refractivity contribution < 1.29 is 4.79 Å². The Balaban J connectivity index is 2.11. The molecule has 0 aliphatic heterocycles. The molecule has 19 heavy (non-hydrogen) atoms. The van der Waals surface area contributed by atoms with Crippen molar-refractivity contribution in [1.29, 1.82) is 0 Å². The van der Waals surface area contributed by atoms with E-state index in [0.717, 1.165) is 10.0 Å². The third-order valence-corrected chi connectivity index (χ3v) is 3.34. The van der Waals surface area contributed by atoms with Crippen molar-refractivity contribution in [2.45, 2.75) is 13.0 Å². The van der Waals surface area contributed by atoms with E-state index in [1.54, 1.807) is 12.3 Å². The van der Waals surface area contributed by atoms with Crippen LogP contribution in [0, 0.1) is 0 Å². The monoisotopic (exact) mass is 319 g/mol. The maximum atomic E-state index is 12.1. The van der Waals surface area contributed by atoms with Crippen LogP contribution in [0.1, 0.15) is 28.9 Å². The van der Waals surface area contributed by atoms with Gasteiger partial charge in [0.05, 0.1) is 23.5 Å². The molecule has 0 aliphatic rings. The third kappa shape index (κ3) is 3.32. The zero-order chi connectivity index (χ0) is 13.8. The van der Waals surface area contributed by atoms with Crippen LogP contribution in [0.4, 0.5) is 5.69 Å². The van der Waals surface area contributed by atoms with Gasteiger partial charge >= 0.3 is 0 Å². The molecule has 3 N–H and O–H groups in total. The lowest BCUT2D eigenvalue weighted by Gasteiger charge is -2.15. The molecule has 0 fully saturated rings. The van der Waals surface area contributed by atoms with Gasteiger partial charge in [0.1, 0.15) is 0 Å². The van der Waals surface area contributed by atoms with Crippen molar-refractivity contribution in [1.82, 2.24) is 10.3 Å². The summed E-state index contributed by atoms with van der Waals surface area (Å²) < 4.78 is 1.01. The van der Waals surface area contributed by atoms with Crippen LogP contribution in [-0.2, 0) is 0 Å². The van der Waals surface area contributed by atoms with Gasteiger partial charge in [0.15, 0.2) is 0 Å². The van der Waals surface area contributed by atoms with Gasteiger partial charge in [-0.05, 0) is 30.7 Å². The maximum Gasteiger partial charge on any atom is 0.253 e. The number of hydrogen-bond acceptors (Lipinski definition) is 3. The van der Waals surface area contributed by atoms with Crippen molar-refractivity contribution in [2.24, 2.45) is 0 Å². The first kappa shape index (κ1) is 13.5. The first-order chi connectivity index (χ1) is 9.08. The van der Waals surface area contributed by atoms with E-state index >= 15 is 0 Å². The van der Waals surface area contributed by atoms with Gasteiger partial charge in [-0.15, -0.1) is 0 Å². The normalized spacial score (nSPS) is 11.9. The minimum Gasteiger partial charge on any atom is -0.397 e. The van der Waals surface area contributed by atoms with Gasteiger partial charge in [-0.1, -0.05) is 28.1 Å². The molecule has 0 saturated heterocycles. The SMILES string of the molecule is CC(NC(=O)c1ccncc1N)c1ccc(Br)cc1. The van der Waals surface area contributed by atoms with Crippen LogP contribution in [0.15, 0.2) is 47.2 Å². The van der Waals surface area contributed by atoms with Gasteiger partial charge in [-0.2, -0.15) is 0 Å². The van der Waals surface area contributed by atoms with Gasteiger partial charge in [-0.3, -0.25) is 9.78 Å². The van der Waals surface area contributed by atoms with E-state index in [9.17, 15) is 4.79 Å². The van der Waals surface area contributed by atoms with Crippen LogP contribution in [0.25, 0.3) is 0 Å². The molecular formula is C14H14BrN3O. The molecule has 5 heteroatoms. The first-order valence-corrected chi connectivity index (χ1v) is 6.63. The van der Waals surface area contributed by atoms with Crippen molar-refractivity contribution >= 4 is 27.5 Å². The Hall–Kier alpha value is -1.88. The minimum absolute atomic E-state index is 0.0897. The maximum absolute atomic E-state index is 12.1. The van der Waals surface area contributed by atoms with Crippen molar-refractivity contribution in [3.63, 3.8) is 0 Å². The fraction of sp³-hybridized carbons (Fsp3) is 0.143. The van der Waals surface area contributed by atoms with E-state index in [4.69, 9.17) is 5.73 Å². The molecule has 1 unspecified atom stereocenters. The van der Waals surface area contributed by atoms with Crippen LogP contribution in [0.5, 0.6) is 0 Å². The van der Waals surface area contributed by atoms with Crippen molar-refractivity contribution in [2.75, 3.05) is 5.73 Å². The number of aromatic nitrogens is 1. The lowest BCUT2D eigenvalue weighted by Crippen LogP contribution is -2.27. The van der Waals surface area contributed by atoms with E-state index < -0.39 is 0 Å². The zero-order valence-corrected chi connectivity index (χ0v) is 12.0. The number of nitrogen functional groups attached to an aromatic ring is 1. The molecule has 0 bridgehead atoms. The van der Waals surface area contributed by atoms with Crippen LogP contribution >= 0.6 is 15.9 Å². The average Bonchev–Trinajstić information content (AvgIpc) is 2.39. The molecule has 0 saturated carbocycles. The molecule has 1 amide bonds. The number of carbonyl (C=O) groups excluding carboxylic acids is 1. The highest BCUT2D eigenvalue weighted by molar-refractivity contribution is 9.10. The molecule has 98 valence electrons. The van der Waals surface area contributed by atoms with Gasteiger partial charge in [0.2, 0.25) is 0 Å². The van der Waals surface area contributed by atoms with E-state index in [1.165, 1.54) is 6.20 Å². The number of rotatable bonds is 3. The summed E-state index contributed by atoms with van der Waals surface area (Å²) in [6, 6.07) is 9.33. The highest BCUT2D eigenvalue weighted by Gasteiger charge is 2.13. The third-order valence-electron chi connectivity index (χ3n) is 2.81. The smallest absolute Gasteiger partial charge is 0.253 e. The zero-order valence-electron chi connectivity index (χ0n) is 10.4. The second-order valence-corrected chi connectivity index (χ2v) is 5.13. The van der Waals surface area contributed by atoms with Gasteiger partial charge in [0.25, 0.3) is 5.91 Å². The van der Waals surface area contributed by atoms with Crippen LogP contribution in [-0.4, -0.2) is 10.9 Å². The Labute approximate surface area is 120 Å². The summed E-state index contributed by atoms with van der Waals surface area (Å²) in [5.74, 6) is -0.199. The number of anilines is 1. The predicted octanol–water partition coefficient (Wildman–Crippen LogP) is 2.92. The van der Waals surface area contributed by atoms with E-state index in [1.807, 2.05) is 31.2 Å². The molecule has 1 atom stereocenters. The predicted molar refractivity (Wildman–Crippen MR) is 78.7 cm³/mol. The molecule has 0 radical (unpaired) electrons. The Morgan fingerprint density at radius 3 is 2.63 bits per heavy atom. The Bertz CT molecular complexity index is 583. The Morgan fingerprint density at radius 2 is 2.00 bits per heavy atom. The van der Waals surface area contributed by atoms with Crippen molar-refractivity contribution in [3.8, 4) is 0 Å². The largest absolute Gasteiger partial charge is 0.397 e. The number of pyridine rings is 1. The molecule has 4 nitrogen and oxygen atoms in total. The summed E-state index contributed by atoms with van der Waals surface area (Å²) >= 11 is 3.38. The molecule has 1 heterocycles. The van der Waals surface area contributed by atoms with Gasteiger partial charge in [-0.25, -0.2) is 0 Å². The highest BCUT2D eigenvalue weighted by atomic mass is 79.9. The molecule has 1 aromatic heterocycles. The number of nitrogens with zero attached hydrogens (tertiary/aromatic N) is 1. The number of carbonyl (C=O) groups is 1. The molecule has 0 spiro atoms. The average molecular weight is 320 g/mol. The minimum atomic E-state index is -0.199. The number of nitrogens with two attached hydrogens (primary N) is 1. The van der Waals surface area contributed by atoms with Gasteiger partial charge < -0.3 is 11.1 Å². The first-order valence-electron chi connectivity index (χ1n) is 5.83. The quantitative estimate of drug-likeness (QED) is 0.914. The second-order valence-electron chi connectivity index (χ2n) is 4.21. The Morgan fingerprint density at radius 1 is 1.32 bits per heavy atom. The summed E-state index contributed by atoms with van der Waals surface area (Å²) in [6.07, 6.45) is 3.02. The number of nitrogens with one attached hydrogen (secondary N) is 1. The summed E-state index contributed by atoms with van der Waals surface area (Å²) in [5.41, 5.74) is 7.58. The number of amides is 1. The lowest BCUT2D eigenvalue weighted by atomic mass is 10.1. The summed E-state index contributed by atoms with van der Waals surface area (Å²) in [6.45, 7) is 1.93. The standard InChI is InChI=1S/C14H14BrN3O/c1-9(10-2-4-11(15)5-3-10)18-14(19)12-6-7-17-8-13(12)16/h2-9H,16H2,1H3,(H,18,19). The van der Waals surface area contributed by atoms with Gasteiger partial charge in [0, 0.05) is 10.7 Å². The number of hydrogen-bond donors (Lipinski definition) is 2. The second kappa shape index (κ2) is 5.84. The highest BCUT2D eigenvalue weighted by Crippen LogP contribution is 2.17. The van der Waals surface area contributed by atoms with Crippen molar-refractivity contribution in [3.05, 3.63) is 58.3 Å². The molecule has 1 aromatic carbocycles. The van der Waals surface area contributed by atoms with Crippen LogP contribution < -0.4 is 11.1 Å². The molecule has 2 rings (SSSR count). The number of halogens is 1. The van der Waals surface area contributed by atoms with Crippen LogP contribution in [0.3, 0.4) is 0 Å². The topological polar surface area (TPSA) is 68.0 Å². The van der Waals surface area contributed by atoms with E-state index in [0.29, 0.717) is 11.3 Å². The van der Waals surface area contributed by atoms with E-state index in [-0.39, 0.29) is 11.9 Å². The lowest BCUT2D eigenvalue weighted by molar-refractivity contribution is 0.0940. The fourth-order valence-corrected chi connectivity index (χ4v) is 1.99. The number of benzene rings is 1. The summed E-state index contributed by atoms with van der Waals surface area (Å²) in [7, 11) is 0. The summed E-state index contributed by atoms with van der Waals surface area (Å²) in [5, 5.41) is 2.91. The Kier molecular flexibility index (Phi) is 4.16. The fourth-order valence-electron chi connectivity index (χ4n) is 1.72. The summed E-state index contributed by atoms with van der Waals surface area (Å²) in [4.78, 5) is 16.0. The van der Waals surface area contributed by atoms with E-state index in [2.05, 4.69) is 26.2 Å². The molecular weight excluding hydrogens is 306 g/mol. The van der Waals surface area contributed by atoms with Crippen LogP contribution in [0.2, 0.25) is 0 Å². The molecule has 0 aliphatic carbocycles.